The molecule has 0 saturated carbocycles. The van der Waals surface area contributed by atoms with Gasteiger partial charge >= 0.3 is 5.97 Å². The molecule has 0 aliphatic heterocycles. The van der Waals surface area contributed by atoms with Crippen LogP contribution < -0.4 is 10.5 Å². The van der Waals surface area contributed by atoms with Crippen molar-refractivity contribution in [2.24, 2.45) is 5.14 Å². The van der Waals surface area contributed by atoms with Crippen LogP contribution in [0.25, 0.3) is 0 Å². The molecule has 32 heavy (non-hydrogen) atoms. The predicted molar refractivity (Wildman–Crippen MR) is 124 cm³/mol. The van der Waals surface area contributed by atoms with Gasteiger partial charge in [0.1, 0.15) is 0 Å². The zero-order valence-corrected chi connectivity index (χ0v) is 19.0. The normalized spacial score (nSPS) is 11.1. The molecule has 3 rings (SSSR count). The topological polar surface area (TPSA) is 116 Å². The minimum atomic E-state index is -3.81. The van der Waals surface area contributed by atoms with E-state index in [-0.39, 0.29) is 4.90 Å². The molecule has 0 aromatic heterocycles. The van der Waals surface area contributed by atoms with E-state index in [1.54, 1.807) is 23.9 Å². The second-order valence-corrected chi connectivity index (χ2v) is 9.68. The van der Waals surface area contributed by atoms with Crippen molar-refractivity contribution in [3.8, 4) is 0 Å². The van der Waals surface area contributed by atoms with Crippen molar-refractivity contribution < 1.29 is 22.7 Å². The highest BCUT2D eigenvalue weighted by Gasteiger charge is 2.12. The van der Waals surface area contributed by atoms with Crippen LogP contribution in [0.3, 0.4) is 0 Å². The Kier molecular flexibility index (Phi) is 7.92. The zero-order chi connectivity index (χ0) is 23.1. The molecule has 166 valence electrons. The van der Waals surface area contributed by atoms with Crippen LogP contribution >= 0.6 is 23.4 Å². The average molecular weight is 491 g/mol. The Morgan fingerprint density at radius 3 is 2.16 bits per heavy atom. The van der Waals surface area contributed by atoms with Crippen molar-refractivity contribution >= 4 is 50.9 Å². The van der Waals surface area contributed by atoms with Gasteiger partial charge in [-0.1, -0.05) is 23.7 Å². The number of hydrogen-bond acceptors (Lipinski definition) is 6. The lowest BCUT2D eigenvalue weighted by atomic mass is 10.1. The molecular weight excluding hydrogens is 472 g/mol. The molecule has 0 aliphatic carbocycles. The van der Waals surface area contributed by atoms with Crippen molar-refractivity contribution in [3.05, 3.63) is 88.9 Å². The minimum absolute atomic E-state index is 0.0723. The van der Waals surface area contributed by atoms with Crippen LogP contribution in [0.2, 0.25) is 5.02 Å². The molecule has 10 heteroatoms. The molecule has 1 amide bonds. The number of nitrogens with two attached hydrogens (primary N) is 1. The fourth-order valence-corrected chi connectivity index (χ4v) is 4.07. The molecular formula is C22H19ClN2O5S2. The van der Waals surface area contributed by atoms with E-state index < -0.39 is 28.5 Å². The van der Waals surface area contributed by atoms with Gasteiger partial charge in [0.2, 0.25) is 10.0 Å². The van der Waals surface area contributed by atoms with Gasteiger partial charge in [0.15, 0.2) is 6.61 Å². The fourth-order valence-electron chi connectivity index (χ4n) is 2.57. The number of sulfonamides is 1. The van der Waals surface area contributed by atoms with Crippen LogP contribution in [-0.2, 0) is 25.3 Å². The van der Waals surface area contributed by atoms with Gasteiger partial charge in [-0.3, -0.25) is 4.79 Å². The highest BCUT2D eigenvalue weighted by molar-refractivity contribution is 7.98. The van der Waals surface area contributed by atoms with E-state index in [2.05, 4.69) is 5.32 Å². The van der Waals surface area contributed by atoms with Gasteiger partial charge in [0.25, 0.3) is 5.91 Å². The Balaban J connectivity index is 1.46. The molecule has 3 aromatic rings. The van der Waals surface area contributed by atoms with E-state index in [1.807, 2.05) is 36.4 Å². The molecule has 0 radical (unpaired) electrons. The molecule has 0 heterocycles. The first-order valence-corrected chi connectivity index (χ1v) is 12.2. The minimum Gasteiger partial charge on any atom is -0.452 e. The molecule has 0 spiro atoms. The van der Waals surface area contributed by atoms with Gasteiger partial charge in [-0.05, 0) is 66.2 Å². The van der Waals surface area contributed by atoms with E-state index in [0.717, 1.165) is 16.2 Å². The van der Waals surface area contributed by atoms with E-state index in [9.17, 15) is 18.0 Å². The lowest BCUT2D eigenvalue weighted by Crippen LogP contribution is -2.21. The fraction of sp³-hybridized carbons (Fsp3) is 0.0909. The lowest BCUT2D eigenvalue weighted by Gasteiger charge is -2.08. The zero-order valence-electron chi connectivity index (χ0n) is 16.7. The maximum atomic E-state index is 12.2. The van der Waals surface area contributed by atoms with Crippen LogP contribution in [-0.4, -0.2) is 26.9 Å². The van der Waals surface area contributed by atoms with Crippen LogP contribution in [0.1, 0.15) is 15.9 Å². The maximum absolute atomic E-state index is 12.2. The van der Waals surface area contributed by atoms with Crippen LogP contribution in [0.4, 0.5) is 5.69 Å². The van der Waals surface area contributed by atoms with E-state index >= 15 is 0 Å². The molecule has 0 fully saturated rings. The molecule has 3 N–H and O–H groups in total. The Morgan fingerprint density at radius 1 is 0.938 bits per heavy atom. The summed E-state index contributed by atoms with van der Waals surface area (Å²) < 4.78 is 27.5. The third-order valence-electron chi connectivity index (χ3n) is 4.21. The molecule has 3 aromatic carbocycles. The van der Waals surface area contributed by atoms with Crippen molar-refractivity contribution in [2.75, 3.05) is 11.9 Å². The summed E-state index contributed by atoms with van der Waals surface area (Å²) in [6.45, 7) is -0.482. The van der Waals surface area contributed by atoms with Crippen molar-refractivity contribution in [3.63, 3.8) is 0 Å². The smallest absolute Gasteiger partial charge is 0.338 e. The number of esters is 1. The number of thioether (sulfide) groups is 1. The number of halogens is 1. The Labute approximate surface area is 195 Å². The quantitative estimate of drug-likeness (QED) is 0.363. The Bertz CT molecular complexity index is 1200. The number of hydrogen-bond donors (Lipinski definition) is 2. The summed E-state index contributed by atoms with van der Waals surface area (Å²) in [5.74, 6) is -0.455. The second-order valence-electron chi connectivity index (χ2n) is 6.63. The number of rotatable bonds is 8. The van der Waals surface area contributed by atoms with Crippen LogP contribution in [0, 0.1) is 0 Å². The lowest BCUT2D eigenvalue weighted by molar-refractivity contribution is -0.119. The standard InChI is InChI=1S/C22H19ClN2O5S2/c23-17-5-9-19(10-6-17)31-14-15-1-3-16(4-2-15)22(27)30-13-21(26)25-18-7-11-20(12-8-18)32(24,28)29/h1-12H,13-14H2,(H,25,26)(H2,24,28,29). The largest absolute Gasteiger partial charge is 0.452 e. The Morgan fingerprint density at radius 2 is 1.56 bits per heavy atom. The molecule has 0 aliphatic rings. The van der Waals surface area contributed by atoms with Gasteiger partial charge in [-0.2, -0.15) is 0 Å². The SMILES string of the molecule is NS(=O)(=O)c1ccc(NC(=O)COC(=O)c2ccc(CSc3ccc(Cl)cc3)cc2)cc1. The van der Waals surface area contributed by atoms with Crippen LogP contribution in [0.15, 0.2) is 82.6 Å². The van der Waals surface area contributed by atoms with Gasteiger partial charge in [-0.25, -0.2) is 18.4 Å². The second kappa shape index (κ2) is 10.6. The van der Waals surface area contributed by atoms with Crippen molar-refractivity contribution in [1.29, 1.82) is 0 Å². The monoisotopic (exact) mass is 490 g/mol. The van der Waals surface area contributed by atoms with E-state index in [0.29, 0.717) is 16.3 Å². The molecule has 0 bridgehead atoms. The Hall–Kier alpha value is -2.85. The number of primary sulfonamides is 1. The number of carbonyl (C=O) groups is 2. The third-order valence-corrected chi connectivity index (χ3v) is 6.47. The first kappa shape index (κ1) is 23.8. The number of ether oxygens (including phenoxy) is 1. The third kappa shape index (κ3) is 7.10. The summed E-state index contributed by atoms with van der Waals surface area (Å²) in [5, 5.41) is 8.22. The van der Waals surface area contributed by atoms with Gasteiger partial charge in [-0.15, -0.1) is 11.8 Å². The summed E-state index contributed by atoms with van der Waals surface area (Å²) in [5.41, 5.74) is 1.71. The summed E-state index contributed by atoms with van der Waals surface area (Å²) >= 11 is 7.53. The summed E-state index contributed by atoms with van der Waals surface area (Å²) in [7, 11) is -3.81. The van der Waals surface area contributed by atoms with Gasteiger partial charge in [0.05, 0.1) is 10.5 Å². The molecule has 0 unspecified atom stereocenters. The number of amides is 1. The van der Waals surface area contributed by atoms with E-state index in [4.69, 9.17) is 21.5 Å². The maximum Gasteiger partial charge on any atom is 0.338 e. The van der Waals surface area contributed by atoms with Crippen LogP contribution in [0.5, 0.6) is 0 Å². The predicted octanol–water partition coefficient (Wildman–Crippen LogP) is 4.08. The van der Waals surface area contributed by atoms with Crippen molar-refractivity contribution in [1.82, 2.24) is 0 Å². The number of anilines is 1. The molecule has 7 nitrogen and oxygen atoms in total. The highest BCUT2D eigenvalue weighted by atomic mass is 35.5. The van der Waals surface area contributed by atoms with Gasteiger partial charge in [0, 0.05) is 21.4 Å². The van der Waals surface area contributed by atoms with Gasteiger partial charge < -0.3 is 10.1 Å². The average Bonchev–Trinajstić information content (AvgIpc) is 2.77. The molecule has 0 atom stereocenters. The molecule has 0 saturated heterocycles. The number of benzene rings is 3. The summed E-state index contributed by atoms with van der Waals surface area (Å²) in [4.78, 5) is 25.2. The summed E-state index contributed by atoms with van der Waals surface area (Å²) in [6.07, 6.45) is 0. The number of carbonyl (C=O) groups excluding carboxylic acids is 2. The summed E-state index contributed by atoms with van der Waals surface area (Å²) in [6, 6.07) is 19.8. The highest BCUT2D eigenvalue weighted by Crippen LogP contribution is 2.24. The van der Waals surface area contributed by atoms with E-state index in [1.165, 1.54) is 24.3 Å². The number of nitrogens with one attached hydrogen (secondary N) is 1. The first-order chi connectivity index (χ1) is 15.2. The van der Waals surface area contributed by atoms with Crippen molar-refractivity contribution in [2.45, 2.75) is 15.5 Å². The first-order valence-electron chi connectivity index (χ1n) is 9.28.